The molecule has 160 valence electrons. The molecule has 31 heavy (non-hydrogen) atoms. The van der Waals surface area contributed by atoms with Gasteiger partial charge in [-0.05, 0) is 55.8 Å². The van der Waals surface area contributed by atoms with E-state index in [1.54, 1.807) is 25.5 Å². The topological polar surface area (TPSA) is 81.9 Å². The van der Waals surface area contributed by atoms with Crippen molar-refractivity contribution in [3.05, 3.63) is 82.7 Å². The van der Waals surface area contributed by atoms with Crippen molar-refractivity contribution in [3.63, 3.8) is 0 Å². The molecule has 0 unspecified atom stereocenters. The predicted octanol–water partition coefficient (Wildman–Crippen LogP) is 3.58. The summed E-state index contributed by atoms with van der Waals surface area (Å²) in [6.45, 7) is 3.93. The van der Waals surface area contributed by atoms with E-state index in [1.807, 2.05) is 60.9 Å². The van der Waals surface area contributed by atoms with Gasteiger partial charge in [-0.1, -0.05) is 18.2 Å². The van der Waals surface area contributed by atoms with Crippen LogP contribution in [0.3, 0.4) is 0 Å². The van der Waals surface area contributed by atoms with Crippen molar-refractivity contribution < 1.29 is 19.1 Å². The van der Waals surface area contributed by atoms with Gasteiger partial charge in [0.15, 0.2) is 0 Å². The molecule has 0 bridgehead atoms. The van der Waals surface area contributed by atoms with Gasteiger partial charge in [-0.3, -0.25) is 4.79 Å². The average molecular weight is 419 g/mol. The first-order valence-corrected chi connectivity index (χ1v) is 9.75. The van der Waals surface area contributed by atoms with E-state index in [4.69, 9.17) is 9.47 Å². The number of amides is 1. The lowest BCUT2D eigenvalue weighted by Crippen LogP contribution is -2.19. The number of rotatable bonds is 7. The SMILES string of the molecule is COC(=O)c1cccc(-n2c(C)cc(/C=N\NC(=O)Cc3ccc(OC)cc3)c2C)c1. The molecule has 0 fully saturated rings. The van der Waals surface area contributed by atoms with Crippen LogP contribution in [0, 0.1) is 13.8 Å². The Hall–Kier alpha value is -3.87. The molecule has 0 atom stereocenters. The van der Waals surface area contributed by atoms with Crippen LogP contribution in [-0.2, 0) is 16.0 Å². The molecule has 0 saturated heterocycles. The van der Waals surface area contributed by atoms with Gasteiger partial charge in [-0.25, -0.2) is 10.2 Å². The third-order valence-corrected chi connectivity index (χ3v) is 4.91. The monoisotopic (exact) mass is 419 g/mol. The Bertz CT molecular complexity index is 1110. The molecule has 7 nitrogen and oxygen atoms in total. The number of aryl methyl sites for hydroxylation is 1. The fourth-order valence-corrected chi connectivity index (χ4v) is 3.35. The van der Waals surface area contributed by atoms with Crippen molar-refractivity contribution in [3.8, 4) is 11.4 Å². The molecule has 0 aliphatic carbocycles. The second-order valence-electron chi connectivity index (χ2n) is 7.02. The third kappa shape index (κ3) is 5.19. The van der Waals surface area contributed by atoms with Crippen molar-refractivity contribution in [2.24, 2.45) is 5.10 Å². The van der Waals surface area contributed by atoms with Gasteiger partial charge < -0.3 is 14.0 Å². The Morgan fingerprint density at radius 2 is 1.81 bits per heavy atom. The Kier molecular flexibility index (Phi) is 6.87. The molecule has 3 rings (SSSR count). The smallest absolute Gasteiger partial charge is 0.337 e. The van der Waals surface area contributed by atoms with E-state index >= 15 is 0 Å². The highest BCUT2D eigenvalue weighted by atomic mass is 16.5. The first kappa shape index (κ1) is 21.8. The molecule has 0 spiro atoms. The third-order valence-electron chi connectivity index (χ3n) is 4.91. The number of ether oxygens (including phenoxy) is 2. The van der Waals surface area contributed by atoms with Crippen LogP contribution in [0.4, 0.5) is 0 Å². The summed E-state index contributed by atoms with van der Waals surface area (Å²) < 4.78 is 11.9. The number of nitrogens with zero attached hydrogens (tertiary/aromatic N) is 2. The van der Waals surface area contributed by atoms with Crippen molar-refractivity contribution in [1.29, 1.82) is 0 Å². The number of hydrogen-bond acceptors (Lipinski definition) is 5. The number of methoxy groups -OCH3 is 2. The Balaban J connectivity index is 1.71. The van der Waals surface area contributed by atoms with Crippen LogP contribution in [-0.4, -0.2) is 36.9 Å². The van der Waals surface area contributed by atoms with E-state index in [0.717, 1.165) is 34.0 Å². The quantitative estimate of drug-likeness (QED) is 0.361. The van der Waals surface area contributed by atoms with Crippen LogP contribution in [0.15, 0.2) is 59.7 Å². The second-order valence-corrected chi connectivity index (χ2v) is 7.02. The second kappa shape index (κ2) is 9.75. The van der Waals surface area contributed by atoms with Crippen molar-refractivity contribution in [2.75, 3.05) is 14.2 Å². The molecule has 1 amide bonds. The minimum atomic E-state index is -0.384. The summed E-state index contributed by atoms with van der Waals surface area (Å²) >= 11 is 0. The zero-order chi connectivity index (χ0) is 22.4. The number of nitrogens with one attached hydrogen (secondary N) is 1. The number of hydrazone groups is 1. The highest BCUT2D eigenvalue weighted by molar-refractivity contribution is 5.90. The average Bonchev–Trinajstić information content (AvgIpc) is 3.06. The highest BCUT2D eigenvalue weighted by Crippen LogP contribution is 2.21. The number of benzene rings is 2. The predicted molar refractivity (Wildman–Crippen MR) is 119 cm³/mol. The number of hydrogen-bond donors (Lipinski definition) is 1. The van der Waals surface area contributed by atoms with Crippen LogP contribution >= 0.6 is 0 Å². The lowest BCUT2D eigenvalue weighted by atomic mass is 10.1. The zero-order valence-electron chi connectivity index (χ0n) is 18.0. The number of carbonyl (C=O) groups is 2. The summed E-state index contributed by atoms with van der Waals surface area (Å²) in [5, 5.41) is 4.10. The summed E-state index contributed by atoms with van der Waals surface area (Å²) in [4.78, 5) is 24.0. The molecule has 3 aromatic rings. The number of carbonyl (C=O) groups excluding carboxylic acids is 2. The molecule has 2 aromatic carbocycles. The van der Waals surface area contributed by atoms with Crippen LogP contribution in [0.5, 0.6) is 5.75 Å². The normalized spacial score (nSPS) is 10.8. The largest absolute Gasteiger partial charge is 0.497 e. The molecule has 1 aromatic heterocycles. The van der Waals surface area contributed by atoms with Crippen molar-refractivity contribution in [1.82, 2.24) is 9.99 Å². The molecule has 7 heteroatoms. The fourth-order valence-electron chi connectivity index (χ4n) is 3.35. The van der Waals surface area contributed by atoms with Crippen LogP contribution < -0.4 is 10.2 Å². The molecule has 0 aliphatic rings. The minimum Gasteiger partial charge on any atom is -0.497 e. The first-order chi connectivity index (χ1) is 14.9. The van der Waals surface area contributed by atoms with Crippen molar-refractivity contribution in [2.45, 2.75) is 20.3 Å². The molecule has 0 radical (unpaired) electrons. The molecule has 0 saturated carbocycles. The maximum atomic E-state index is 12.2. The maximum absolute atomic E-state index is 12.2. The van der Waals surface area contributed by atoms with Crippen LogP contribution in [0.1, 0.15) is 32.9 Å². The summed E-state index contributed by atoms with van der Waals surface area (Å²) in [5.74, 6) is 0.154. The maximum Gasteiger partial charge on any atom is 0.337 e. The Morgan fingerprint density at radius 3 is 2.48 bits per heavy atom. The summed E-state index contributed by atoms with van der Waals surface area (Å²) in [5.41, 5.74) is 7.55. The molecular weight excluding hydrogens is 394 g/mol. The number of aromatic nitrogens is 1. The van der Waals surface area contributed by atoms with Gasteiger partial charge >= 0.3 is 5.97 Å². The van der Waals surface area contributed by atoms with Gasteiger partial charge in [-0.2, -0.15) is 5.10 Å². The van der Waals surface area contributed by atoms with E-state index in [1.165, 1.54) is 7.11 Å². The highest BCUT2D eigenvalue weighted by Gasteiger charge is 2.12. The van der Waals surface area contributed by atoms with Gasteiger partial charge in [0.2, 0.25) is 5.91 Å². The van der Waals surface area contributed by atoms with Crippen LogP contribution in [0.2, 0.25) is 0 Å². The van der Waals surface area contributed by atoms with Gasteiger partial charge in [0.25, 0.3) is 0 Å². The Labute approximate surface area is 181 Å². The zero-order valence-corrected chi connectivity index (χ0v) is 18.0. The van der Waals surface area contributed by atoms with Gasteiger partial charge in [-0.15, -0.1) is 0 Å². The standard InChI is InChI=1S/C24H25N3O4/c1-16-12-20(15-25-26-23(28)13-18-8-10-22(30-3)11-9-18)17(2)27(16)21-7-5-6-19(14-21)24(29)31-4/h5-12,14-15H,13H2,1-4H3,(H,26,28)/b25-15-. The molecule has 1 heterocycles. The first-order valence-electron chi connectivity index (χ1n) is 9.75. The summed E-state index contributed by atoms with van der Waals surface area (Å²) in [6, 6.07) is 16.5. The molecular formula is C24H25N3O4. The summed E-state index contributed by atoms with van der Waals surface area (Å²) in [7, 11) is 2.96. The van der Waals surface area contributed by atoms with E-state index in [0.29, 0.717) is 5.56 Å². The molecule has 1 N–H and O–H groups in total. The lowest BCUT2D eigenvalue weighted by Gasteiger charge is -2.11. The van der Waals surface area contributed by atoms with Gasteiger partial charge in [0.05, 0.1) is 32.4 Å². The number of esters is 1. The molecule has 0 aliphatic heterocycles. The van der Waals surface area contributed by atoms with E-state index < -0.39 is 0 Å². The Morgan fingerprint density at radius 1 is 1.06 bits per heavy atom. The van der Waals surface area contributed by atoms with Crippen molar-refractivity contribution >= 4 is 18.1 Å². The van der Waals surface area contributed by atoms with E-state index in [-0.39, 0.29) is 18.3 Å². The lowest BCUT2D eigenvalue weighted by molar-refractivity contribution is -0.120. The van der Waals surface area contributed by atoms with Gasteiger partial charge in [0, 0.05) is 22.6 Å². The van der Waals surface area contributed by atoms with Gasteiger partial charge in [0.1, 0.15) is 5.75 Å². The minimum absolute atomic E-state index is 0.207. The fraction of sp³-hybridized carbons (Fsp3) is 0.208. The van der Waals surface area contributed by atoms with E-state index in [9.17, 15) is 9.59 Å². The summed E-state index contributed by atoms with van der Waals surface area (Å²) in [6.07, 6.45) is 1.84. The van der Waals surface area contributed by atoms with Crippen LogP contribution in [0.25, 0.3) is 5.69 Å². The van der Waals surface area contributed by atoms with E-state index in [2.05, 4.69) is 10.5 Å².